The summed E-state index contributed by atoms with van der Waals surface area (Å²) in [6.45, 7) is 0. The zero-order chi connectivity index (χ0) is 21.1. The van der Waals surface area contributed by atoms with Gasteiger partial charge < -0.3 is 5.11 Å². The van der Waals surface area contributed by atoms with Crippen molar-refractivity contribution in [2.45, 2.75) is 41.7 Å². The van der Waals surface area contributed by atoms with Gasteiger partial charge in [0.1, 0.15) is 0 Å². The van der Waals surface area contributed by atoms with Gasteiger partial charge in [-0.1, -0.05) is 0 Å². The average Bonchev–Trinajstić information content (AvgIpc) is 2.31. The molecule has 0 amide bonds. The number of carboxylic acid groups (broad SMARTS) is 1. The molecule has 0 aliphatic heterocycles. The molecule has 0 radical (unpaired) electrons. The van der Waals surface area contributed by atoms with E-state index in [0.29, 0.717) is 0 Å². The van der Waals surface area contributed by atoms with E-state index in [9.17, 15) is 70.7 Å². The Morgan fingerprint density at radius 2 is 0.800 bits per heavy atom. The lowest BCUT2D eigenvalue weighted by atomic mass is 9.82. The molecule has 0 bridgehead atoms. The maximum atomic E-state index is 13.1. The maximum absolute atomic E-state index is 13.1. The van der Waals surface area contributed by atoms with Crippen molar-refractivity contribution in [2.24, 2.45) is 0 Å². The van der Waals surface area contributed by atoms with Gasteiger partial charge in [0.05, 0.1) is 0 Å². The van der Waals surface area contributed by atoms with Crippen LogP contribution in [0.4, 0.5) is 65.9 Å². The van der Waals surface area contributed by atoms with Crippen LogP contribution < -0.4 is 0 Å². The van der Waals surface area contributed by atoms with Gasteiger partial charge in [-0.3, -0.25) is 0 Å². The SMILES string of the molecule is O=C(O)C(F)(C(F)(F)F)C(F)(F)C(F)(F)C(F)(C(F)(F)F)C(F)(F)F. The van der Waals surface area contributed by atoms with E-state index in [1.165, 1.54) is 0 Å². The van der Waals surface area contributed by atoms with Crippen molar-refractivity contribution in [3.63, 3.8) is 0 Å². The molecule has 0 spiro atoms. The fraction of sp³-hybridized carbons (Fsp3) is 0.875. The molecule has 0 saturated carbocycles. The summed E-state index contributed by atoms with van der Waals surface area (Å²) in [6.07, 6.45) is -23.7. The molecule has 0 saturated heterocycles. The maximum Gasteiger partial charge on any atom is 0.440 e. The van der Waals surface area contributed by atoms with E-state index in [1.54, 1.807) is 0 Å². The van der Waals surface area contributed by atoms with E-state index in [1.807, 2.05) is 0 Å². The van der Waals surface area contributed by atoms with Crippen LogP contribution in [-0.2, 0) is 4.79 Å². The van der Waals surface area contributed by atoms with Crippen LogP contribution in [0.15, 0.2) is 0 Å². The predicted molar refractivity (Wildman–Crippen MR) is 43.4 cm³/mol. The highest BCUT2D eigenvalue weighted by Gasteiger charge is 2.96. The molecule has 25 heavy (non-hydrogen) atoms. The number of halogens is 15. The van der Waals surface area contributed by atoms with Gasteiger partial charge in [-0.05, 0) is 0 Å². The molecule has 0 aliphatic rings. The van der Waals surface area contributed by atoms with Gasteiger partial charge in [0.2, 0.25) is 0 Å². The van der Waals surface area contributed by atoms with Crippen LogP contribution in [0.3, 0.4) is 0 Å². The van der Waals surface area contributed by atoms with E-state index in [2.05, 4.69) is 0 Å². The molecular formula is C8HF15O2. The third kappa shape index (κ3) is 2.74. The van der Waals surface area contributed by atoms with Gasteiger partial charge in [0.15, 0.2) is 0 Å². The summed E-state index contributed by atoms with van der Waals surface area (Å²) in [7, 11) is 0. The number of hydrogen-bond donors (Lipinski definition) is 1. The molecule has 0 fully saturated rings. The Bertz CT molecular complexity index is 511. The summed E-state index contributed by atoms with van der Waals surface area (Å²) in [5.41, 5.74) is -16.1. The highest BCUT2D eigenvalue weighted by Crippen LogP contribution is 2.63. The summed E-state index contributed by atoms with van der Waals surface area (Å²) < 4.78 is 187. The molecule has 0 heterocycles. The van der Waals surface area contributed by atoms with E-state index in [4.69, 9.17) is 5.11 Å². The number of carbonyl (C=O) groups is 1. The summed E-state index contributed by atoms with van der Waals surface area (Å²) in [4.78, 5) is 9.99. The monoisotopic (exact) mass is 414 g/mol. The van der Waals surface area contributed by atoms with E-state index in [0.717, 1.165) is 0 Å². The largest absolute Gasteiger partial charge is 0.478 e. The summed E-state index contributed by atoms with van der Waals surface area (Å²) in [5.74, 6) is -21.6. The molecular weight excluding hydrogens is 413 g/mol. The Morgan fingerprint density at radius 3 is 0.960 bits per heavy atom. The van der Waals surface area contributed by atoms with Gasteiger partial charge in [0.25, 0.3) is 0 Å². The standard InChI is InChI=1S/C8HF15O2/c9-2(1(24)25,6(15,16)17)4(11,12)5(13,14)3(10,7(18,19)20)8(21,22)23/h(H,24,25). The van der Waals surface area contributed by atoms with Gasteiger partial charge >= 0.3 is 47.7 Å². The minimum absolute atomic E-state index is 4.63. The Labute approximate surface area is 125 Å². The van der Waals surface area contributed by atoms with E-state index >= 15 is 0 Å². The molecule has 2 nitrogen and oxygen atoms in total. The van der Waals surface area contributed by atoms with Gasteiger partial charge in [-0.2, -0.15) is 57.1 Å². The third-order valence-corrected chi connectivity index (χ3v) is 2.73. The molecule has 1 atom stereocenters. The first-order valence-electron chi connectivity index (χ1n) is 5.01. The normalized spacial score (nSPS) is 18.0. The van der Waals surface area contributed by atoms with Crippen LogP contribution in [0, 0.1) is 0 Å². The number of carboxylic acids is 1. The van der Waals surface area contributed by atoms with Gasteiger partial charge in [-0.15, -0.1) is 0 Å². The molecule has 0 aromatic heterocycles. The highest BCUT2D eigenvalue weighted by atomic mass is 19.4. The van der Waals surface area contributed by atoms with Gasteiger partial charge in [0, 0.05) is 0 Å². The lowest BCUT2D eigenvalue weighted by molar-refractivity contribution is -0.447. The fourth-order valence-electron chi connectivity index (χ4n) is 1.38. The second-order valence-electron chi connectivity index (χ2n) is 4.26. The van der Waals surface area contributed by atoms with Gasteiger partial charge in [-0.25, -0.2) is 13.6 Å². The van der Waals surface area contributed by atoms with Crippen LogP contribution in [-0.4, -0.2) is 52.8 Å². The number of alkyl halides is 15. The Hall–Kier alpha value is -1.58. The predicted octanol–water partition coefficient (Wildman–Crippen LogP) is 4.45. The Kier molecular flexibility index (Phi) is 5.11. The van der Waals surface area contributed by atoms with Crippen LogP contribution >= 0.6 is 0 Å². The highest BCUT2D eigenvalue weighted by molar-refractivity contribution is 5.80. The quantitative estimate of drug-likeness (QED) is 0.691. The summed E-state index contributed by atoms with van der Waals surface area (Å²) in [6, 6.07) is 0. The summed E-state index contributed by atoms with van der Waals surface area (Å²) in [5, 5.41) is 7.75. The number of aliphatic carboxylic acids is 1. The zero-order valence-electron chi connectivity index (χ0n) is 10.5. The minimum Gasteiger partial charge on any atom is -0.478 e. The summed E-state index contributed by atoms with van der Waals surface area (Å²) >= 11 is 0. The van der Waals surface area contributed by atoms with Crippen molar-refractivity contribution >= 4 is 5.97 Å². The second kappa shape index (κ2) is 5.46. The van der Waals surface area contributed by atoms with Crippen molar-refractivity contribution in [2.75, 3.05) is 0 Å². The zero-order valence-corrected chi connectivity index (χ0v) is 10.5. The van der Waals surface area contributed by atoms with Crippen molar-refractivity contribution in [1.82, 2.24) is 0 Å². The topological polar surface area (TPSA) is 37.3 Å². The molecule has 1 N–H and O–H groups in total. The van der Waals surface area contributed by atoms with Crippen molar-refractivity contribution in [3.8, 4) is 0 Å². The second-order valence-corrected chi connectivity index (χ2v) is 4.26. The van der Waals surface area contributed by atoms with Crippen LogP contribution in [0.2, 0.25) is 0 Å². The first kappa shape index (κ1) is 23.4. The molecule has 0 rings (SSSR count). The Morgan fingerprint density at radius 1 is 0.520 bits per heavy atom. The molecule has 0 aromatic rings. The lowest BCUT2D eigenvalue weighted by Crippen LogP contribution is -2.77. The molecule has 0 aliphatic carbocycles. The lowest BCUT2D eigenvalue weighted by Gasteiger charge is -2.43. The van der Waals surface area contributed by atoms with E-state index < -0.39 is 47.7 Å². The molecule has 17 heteroatoms. The third-order valence-electron chi connectivity index (χ3n) is 2.73. The van der Waals surface area contributed by atoms with E-state index in [-0.39, 0.29) is 0 Å². The van der Waals surface area contributed by atoms with Crippen molar-refractivity contribution in [1.29, 1.82) is 0 Å². The van der Waals surface area contributed by atoms with Crippen LogP contribution in [0.1, 0.15) is 0 Å². The molecule has 0 aromatic carbocycles. The van der Waals surface area contributed by atoms with Crippen molar-refractivity contribution < 1.29 is 75.8 Å². The van der Waals surface area contributed by atoms with Crippen molar-refractivity contribution in [3.05, 3.63) is 0 Å². The van der Waals surface area contributed by atoms with Crippen LogP contribution in [0.25, 0.3) is 0 Å². The smallest absolute Gasteiger partial charge is 0.440 e. The van der Waals surface area contributed by atoms with Crippen LogP contribution in [0.5, 0.6) is 0 Å². The fourth-order valence-corrected chi connectivity index (χ4v) is 1.38. The molecule has 150 valence electrons. The molecule has 1 unspecified atom stereocenters. The first-order chi connectivity index (χ1) is 10.4. The first-order valence-corrected chi connectivity index (χ1v) is 5.01. The average molecular weight is 414 g/mol. The number of rotatable bonds is 4. The Balaban J connectivity index is 6.99. The number of hydrogen-bond acceptors (Lipinski definition) is 1. The minimum atomic E-state index is -8.58.